The smallest absolute Gasteiger partial charge is 0.275 e. The highest BCUT2D eigenvalue weighted by atomic mass is 16.6. The van der Waals surface area contributed by atoms with Crippen molar-refractivity contribution >= 4 is 11.4 Å². The van der Waals surface area contributed by atoms with Gasteiger partial charge in [-0.15, -0.1) is 0 Å². The Morgan fingerprint density at radius 2 is 2.05 bits per heavy atom. The first-order valence-electron chi connectivity index (χ1n) is 7.13. The van der Waals surface area contributed by atoms with E-state index in [1.807, 2.05) is 13.0 Å². The molecular formula is C14H21N3O3. The summed E-state index contributed by atoms with van der Waals surface area (Å²) >= 11 is 0. The number of hydrazine groups is 1. The van der Waals surface area contributed by atoms with Crippen molar-refractivity contribution in [1.29, 1.82) is 0 Å². The molecule has 1 aliphatic heterocycles. The zero-order valence-corrected chi connectivity index (χ0v) is 11.8. The predicted molar refractivity (Wildman–Crippen MR) is 77.9 cm³/mol. The standard InChI is InChI=1S/C14H21N3O3/c1-2-8-20-14-10-12(9-13(11-14)17(18)19)15-16-6-4-3-5-7-16/h9-11,15H,2-8H2,1H3. The van der Waals surface area contributed by atoms with E-state index < -0.39 is 0 Å². The Kier molecular flexibility index (Phi) is 5.17. The summed E-state index contributed by atoms with van der Waals surface area (Å²) in [6.45, 7) is 4.50. The molecule has 1 aromatic carbocycles. The third-order valence-corrected chi connectivity index (χ3v) is 3.22. The van der Waals surface area contributed by atoms with E-state index in [2.05, 4.69) is 10.4 Å². The molecule has 6 nitrogen and oxygen atoms in total. The minimum atomic E-state index is -0.389. The molecule has 0 bridgehead atoms. The number of piperidine rings is 1. The van der Waals surface area contributed by atoms with E-state index in [-0.39, 0.29) is 10.6 Å². The quantitative estimate of drug-likeness (QED) is 0.639. The fraction of sp³-hybridized carbons (Fsp3) is 0.571. The van der Waals surface area contributed by atoms with Gasteiger partial charge in [0.05, 0.1) is 23.3 Å². The average molecular weight is 279 g/mol. The minimum Gasteiger partial charge on any atom is -0.493 e. The molecule has 2 rings (SSSR count). The van der Waals surface area contributed by atoms with Gasteiger partial charge in [-0.25, -0.2) is 5.01 Å². The Morgan fingerprint density at radius 1 is 1.30 bits per heavy atom. The molecule has 1 heterocycles. The third-order valence-electron chi connectivity index (χ3n) is 3.22. The largest absolute Gasteiger partial charge is 0.493 e. The molecule has 0 unspecified atom stereocenters. The van der Waals surface area contributed by atoms with Gasteiger partial charge in [0, 0.05) is 25.2 Å². The number of hydrogen-bond donors (Lipinski definition) is 1. The van der Waals surface area contributed by atoms with Gasteiger partial charge in [-0.05, 0) is 19.3 Å². The van der Waals surface area contributed by atoms with Crippen molar-refractivity contribution in [3.63, 3.8) is 0 Å². The number of non-ortho nitro benzene ring substituents is 1. The van der Waals surface area contributed by atoms with E-state index in [1.54, 1.807) is 6.07 Å². The van der Waals surface area contributed by atoms with Crippen LogP contribution in [0.1, 0.15) is 32.6 Å². The zero-order valence-electron chi connectivity index (χ0n) is 11.8. The van der Waals surface area contributed by atoms with Crippen molar-refractivity contribution in [3.8, 4) is 5.75 Å². The van der Waals surface area contributed by atoms with Crippen molar-refractivity contribution in [2.24, 2.45) is 0 Å². The molecule has 0 atom stereocenters. The first kappa shape index (κ1) is 14.6. The first-order valence-corrected chi connectivity index (χ1v) is 7.13. The molecule has 1 aliphatic rings. The van der Waals surface area contributed by atoms with Crippen LogP contribution in [0.4, 0.5) is 11.4 Å². The van der Waals surface area contributed by atoms with E-state index in [1.165, 1.54) is 12.5 Å². The number of nitrogens with one attached hydrogen (secondary N) is 1. The van der Waals surface area contributed by atoms with E-state index in [9.17, 15) is 10.1 Å². The second-order valence-corrected chi connectivity index (χ2v) is 4.98. The van der Waals surface area contributed by atoms with Crippen molar-refractivity contribution in [1.82, 2.24) is 5.01 Å². The molecule has 0 spiro atoms. The summed E-state index contributed by atoms with van der Waals surface area (Å²) in [7, 11) is 0. The maximum absolute atomic E-state index is 11.0. The van der Waals surface area contributed by atoms with E-state index in [4.69, 9.17) is 4.74 Å². The lowest BCUT2D eigenvalue weighted by Crippen LogP contribution is -2.34. The van der Waals surface area contributed by atoms with E-state index >= 15 is 0 Å². The van der Waals surface area contributed by atoms with Crippen molar-refractivity contribution in [3.05, 3.63) is 28.3 Å². The van der Waals surface area contributed by atoms with Gasteiger partial charge in [0.25, 0.3) is 5.69 Å². The van der Waals surface area contributed by atoms with Crippen molar-refractivity contribution in [2.45, 2.75) is 32.6 Å². The highest BCUT2D eigenvalue weighted by Crippen LogP contribution is 2.27. The summed E-state index contributed by atoms with van der Waals surface area (Å²) in [5.74, 6) is 0.542. The highest BCUT2D eigenvalue weighted by Gasteiger charge is 2.14. The monoisotopic (exact) mass is 279 g/mol. The van der Waals surface area contributed by atoms with Crippen molar-refractivity contribution < 1.29 is 9.66 Å². The van der Waals surface area contributed by atoms with Gasteiger partial charge < -0.3 is 10.2 Å². The van der Waals surface area contributed by atoms with Gasteiger partial charge in [-0.2, -0.15) is 0 Å². The van der Waals surface area contributed by atoms with Crippen LogP contribution < -0.4 is 10.2 Å². The van der Waals surface area contributed by atoms with Gasteiger partial charge >= 0.3 is 0 Å². The molecule has 1 N–H and O–H groups in total. The predicted octanol–water partition coefficient (Wildman–Crippen LogP) is 3.20. The van der Waals surface area contributed by atoms with E-state index in [0.29, 0.717) is 18.0 Å². The number of benzene rings is 1. The van der Waals surface area contributed by atoms with Gasteiger partial charge in [0.15, 0.2) is 0 Å². The summed E-state index contributed by atoms with van der Waals surface area (Å²) in [6.07, 6.45) is 4.43. The number of anilines is 1. The summed E-state index contributed by atoms with van der Waals surface area (Å²) in [5.41, 5.74) is 4.01. The first-order chi connectivity index (χ1) is 9.69. The van der Waals surface area contributed by atoms with Crippen molar-refractivity contribution in [2.75, 3.05) is 25.1 Å². The number of hydrogen-bond acceptors (Lipinski definition) is 5. The molecule has 20 heavy (non-hydrogen) atoms. The normalized spacial score (nSPS) is 15.8. The number of rotatable bonds is 6. The van der Waals surface area contributed by atoms with Gasteiger partial charge in [-0.1, -0.05) is 13.3 Å². The Bertz CT molecular complexity index is 459. The third kappa shape index (κ3) is 4.09. The van der Waals surface area contributed by atoms with Crippen LogP contribution in [-0.2, 0) is 0 Å². The lowest BCUT2D eigenvalue weighted by atomic mass is 10.2. The summed E-state index contributed by atoms with van der Waals surface area (Å²) in [6, 6.07) is 4.84. The SMILES string of the molecule is CCCOc1cc(NN2CCCCC2)cc([N+](=O)[O-])c1. The molecule has 6 heteroatoms. The summed E-state index contributed by atoms with van der Waals surface area (Å²) in [5, 5.41) is 13.1. The molecule has 0 saturated carbocycles. The van der Waals surface area contributed by atoms with Crippen LogP contribution in [0.3, 0.4) is 0 Å². The van der Waals surface area contributed by atoms with Crippen LogP contribution in [0.25, 0.3) is 0 Å². The van der Waals surface area contributed by atoms with Gasteiger partial charge in [-0.3, -0.25) is 10.1 Å². The Labute approximate surface area is 118 Å². The van der Waals surface area contributed by atoms with E-state index in [0.717, 1.165) is 32.4 Å². The van der Waals surface area contributed by atoms with Crippen LogP contribution in [-0.4, -0.2) is 29.6 Å². The maximum atomic E-state index is 11.0. The Hall–Kier alpha value is -1.82. The lowest BCUT2D eigenvalue weighted by molar-refractivity contribution is -0.384. The molecule has 0 aliphatic carbocycles. The van der Waals surface area contributed by atoms with Crippen LogP contribution in [0.2, 0.25) is 0 Å². The average Bonchev–Trinajstić information content (AvgIpc) is 2.46. The number of nitro groups is 1. The topological polar surface area (TPSA) is 67.6 Å². The minimum absolute atomic E-state index is 0.0538. The molecule has 1 saturated heterocycles. The summed E-state index contributed by atoms with van der Waals surface area (Å²) in [4.78, 5) is 10.6. The molecule has 1 aromatic rings. The maximum Gasteiger partial charge on any atom is 0.275 e. The Morgan fingerprint density at radius 3 is 2.70 bits per heavy atom. The molecule has 0 radical (unpaired) electrons. The Balaban J connectivity index is 2.12. The number of nitrogens with zero attached hydrogens (tertiary/aromatic N) is 2. The lowest BCUT2D eigenvalue weighted by Gasteiger charge is -2.27. The molecule has 110 valence electrons. The summed E-state index contributed by atoms with van der Waals surface area (Å²) < 4.78 is 5.51. The fourth-order valence-corrected chi connectivity index (χ4v) is 2.24. The molecule has 0 amide bonds. The zero-order chi connectivity index (χ0) is 14.4. The fourth-order valence-electron chi connectivity index (χ4n) is 2.24. The molecular weight excluding hydrogens is 258 g/mol. The second kappa shape index (κ2) is 7.09. The highest BCUT2D eigenvalue weighted by molar-refractivity contribution is 5.55. The van der Waals surface area contributed by atoms with Gasteiger partial charge in [0.1, 0.15) is 5.75 Å². The van der Waals surface area contributed by atoms with Crippen LogP contribution in [0.15, 0.2) is 18.2 Å². The van der Waals surface area contributed by atoms with Crippen LogP contribution in [0, 0.1) is 10.1 Å². The second-order valence-electron chi connectivity index (χ2n) is 4.98. The van der Waals surface area contributed by atoms with Gasteiger partial charge in [0.2, 0.25) is 0 Å². The number of nitro benzene ring substituents is 1. The number of ether oxygens (including phenoxy) is 1. The molecule has 0 aromatic heterocycles. The molecule has 1 fully saturated rings. The van der Waals surface area contributed by atoms with Crippen LogP contribution >= 0.6 is 0 Å². The van der Waals surface area contributed by atoms with Crippen LogP contribution in [0.5, 0.6) is 5.75 Å².